The van der Waals surface area contributed by atoms with Crippen LogP contribution in [0.1, 0.15) is 12.8 Å². The van der Waals surface area contributed by atoms with E-state index < -0.39 is 10.0 Å². The number of ether oxygens (including phenoxy) is 2. The van der Waals surface area contributed by atoms with Crippen molar-refractivity contribution in [2.75, 3.05) is 37.9 Å². The lowest BCUT2D eigenvalue weighted by Gasteiger charge is -2.29. The third-order valence-corrected chi connectivity index (χ3v) is 6.71. The summed E-state index contributed by atoms with van der Waals surface area (Å²) in [6, 6.07) is 3.67. The molecule has 1 fully saturated rings. The topological polar surface area (TPSA) is 97.8 Å². The maximum absolute atomic E-state index is 12.6. The smallest absolute Gasteiger partial charge is 0.230 e. The summed E-state index contributed by atoms with van der Waals surface area (Å²) in [5, 5.41) is 3.32. The summed E-state index contributed by atoms with van der Waals surface area (Å²) in [6.07, 6.45) is 2.51. The van der Waals surface area contributed by atoms with Crippen LogP contribution in [-0.4, -0.2) is 56.2 Å². The van der Waals surface area contributed by atoms with E-state index in [1.165, 1.54) is 21.9 Å². The molecule has 140 valence electrons. The number of anilines is 1. The van der Waals surface area contributed by atoms with Crippen LogP contribution >= 0.6 is 11.3 Å². The van der Waals surface area contributed by atoms with E-state index in [0.29, 0.717) is 49.2 Å². The number of rotatable bonds is 3. The predicted octanol–water partition coefficient (Wildman–Crippen LogP) is 1.68. The Labute approximate surface area is 155 Å². The third kappa shape index (κ3) is 3.49. The van der Waals surface area contributed by atoms with Crippen molar-refractivity contribution in [1.29, 1.82) is 0 Å². The van der Waals surface area contributed by atoms with Crippen LogP contribution in [-0.2, 0) is 14.8 Å². The molecule has 1 aromatic carbocycles. The van der Waals surface area contributed by atoms with E-state index in [9.17, 15) is 13.2 Å². The molecule has 8 nitrogen and oxygen atoms in total. The number of aromatic nitrogens is 1. The van der Waals surface area contributed by atoms with Crippen LogP contribution in [0.2, 0.25) is 0 Å². The van der Waals surface area contributed by atoms with Gasteiger partial charge in [-0.15, -0.1) is 0 Å². The van der Waals surface area contributed by atoms with Gasteiger partial charge >= 0.3 is 0 Å². The third-order valence-electron chi connectivity index (χ3n) is 4.51. The molecule has 0 spiro atoms. The Kier molecular flexibility index (Phi) is 4.49. The Morgan fingerprint density at radius 1 is 1.31 bits per heavy atom. The van der Waals surface area contributed by atoms with Gasteiger partial charge in [-0.2, -0.15) is 0 Å². The highest BCUT2D eigenvalue weighted by Gasteiger charge is 2.30. The number of carbonyl (C=O) groups excluding carboxylic acids is 1. The molecule has 0 bridgehead atoms. The number of benzene rings is 1. The molecule has 1 atom stereocenters. The molecule has 1 unspecified atom stereocenters. The number of thiazole rings is 1. The fourth-order valence-corrected chi connectivity index (χ4v) is 4.97. The van der Waals surface area contributed by atoms with Gasteiger partial charge in [0.25, 0.3) is 0 Å². The fourth-order valence-electron chi connectivity index (χ4n) is 3.18. The van der Waals surface area contributed by atoms with E-state index in [-0.39, 0.29) is 18.4 Å². The number of sulfonamides is 1. The average Bonchev–Trinajstić information content (AvgIpc) is 3.00. The summed E-state index contributed by atoms with van der Waals surface area (Å²) in [6.45, 7) is 1.70. The molecule has 0 saturated carbocycles. The minimum Gasteiger partial charge on any atom is -0.486 e. The zero-order chi connectivity index (χ0) is 18.3. The Morgan fingerprint density at radius 3 is 2.77 bits per heavy atom. The lowest BCUT2D eigenvalue weighted by atomic mass is 9.99. The van der Waals surface area contributed by atoms with Gasteiger partial charge in [-0.1, -0.05) is 11.3 Å². The van der Waals surface area contributed by atoms with E-state index in [2.05, 4.69) is 10.3 Å². The van der Waals surface area contributed by atoms with Crippen molar-refractivity contribution in [1.82, 2.24) is 9.29 Å². The van der Waals surface area contributed by atoms with E-state index in [1.807, 2.05) is 12.1 Å². The van der Waals surface area contributed by atoms with E-state index >= 15 is 0 Å². The molecule has 1 N–H and O–H groups in total. The van der Waals surface area contributed by atoms with Gasteiger partial charge in [0.05, 0.1) is 22.4 Å². The zero-order valence-corrected chi connectivity index (χ0v) is 15.9. The van der Waals surface area contributed by atoms with Gasteiger partial charge in [0, 0.05) is 25.2 Å². The van der Waals surface area contributed by atoms with Crippen LogP contribution in [0.5, 0.6) is 11.5 Å². The van der Waals surface area contributed by atoms with Crippen LogP contribution in [0.3, 0.4) is 0 Å². The molecule has 2 aromatic rings. The van der Waals surface area contributed by atoms with E-state index in [0.717, 1.165) is 10.2 Å². The molecular formula is C16H19N3O5S2. The van der Waals surface area contributed by atoms with Gasteiger partial charge in [-0.3, -0.25) is 4.79 Å². The van der Waals surface area contributed by atoms with Gasteiger partial charge in [-0.05, 0) is 12.8 Å². The van der Waals surface area contributed by atoms with Crippen LogP contribution in [0.4, 0.5) is 5.13 Å². The van der Waals surface area contributed by atoms with Crippen molar-refractivity contribution in [3.05, 3.63) is 12.1 Å². The second-order valence-corrected chi connectivity index (χ2v) is 9.45. The molecule has 4 rings (SSSR count). The highest BCUT2D eigenvalue weighted by atomic mass is 32.2. The summed E-state index contributed by atoms with van der Waals surface area (Å²) in [7, 11) is -3.28. The second kappa shape index (κ2) is 6.67. The Bertz CT molecular complexity index is 913. The van der Waals surface area contributed by atoms with Crippen molar-refractivity contribution in [3.63, 3.8) is 0 Å². The molecule has 0 radical (unpaired) electrons. The molecule has 0 aliphatic carbocycles. The molecule has 1 amide bonds. The number of nitrogens with zero attached hydrogens (tertiary/aromatic N) is 2. The molecule has 10 heteroatoms. The lowest BCUT2D eigenvalue weighted by molar-refractivity contribution is -0.120. The summed E-state index contributed by atoms with van der Waals surface area (Å²) >= 11 is 1.36. The minimum atomic E-state index is -3.28. The first-order chi connectivity index (χ1) is 12.4. The van der Waals surface area contributed by atoms with E-state index in [4.69, 9.17) is 9.47 Å². The van der Waals surface area contributed by atoms with Crippen LogP contribution in [0, 0.1) is 5.92 Å². The normalized spacial score (nSPS) is 20.9. The molecular weight excluding hydrogens is 378 g/mol. The van der Waals surface area contributed by atoms with Gasteiger partial charge in [0.2, 0.25) is 15.9 Å². The number of hydrogen-bond acceptors (Lipinski definition) is 7. The standard InChI is InChI=1S/C16H19N3O5S2/c1-26(21,22)19-4-2-3-10(9-19)15(20)18-16-17-11-7-12-13(8-14(11)25-16)24-6-5-23-12/h7-8,10H,2-6,9H2,1H3,(H,17,18,20). The molecule has 2 aliphatic rings. The van der Waals surface area contributed by atoms with Crippen molar-refractivity contribution < 1.29 is 22.7 Å². The quantitative estimate of drug-likeness (QED) is 0.846. The second-order valence-electron chi connectivity index (χ2n) is 6.43. The van der Waals surface area contributed by atoms with Gasteiger partial charge in [0.1, 0.15) is 13.2 Å². The highest BCUT2D eigenvalue weighted by Crippen LogP contribution is 2.38. The van der Waals surface area contributed by atoms with Crippen LogP contribution in [0.15, 0.2) is 12.1 Å². The molecule has 1 aromatic heterocycles. The summed E-state index contributed by atoms with van der Waals surface area (Å²) in [5.41, 5.74) is 0.732. The molecule has 1 saturated heterocycles. The van der Waals surface area contributed by atoms with Crippen molar-refractivity contribution >= 4 is 42.6 Å². The fraction of sp³-hybridized carbons (Fsp3) is 0.500. The molecule has 3 heterocycles. The van der Waals surface area contributed by atoms with Crippen molar-refractivity contribution in [2.45, 2.75) is 12.8 Å². The van der Waals surface area contributed by atoms with Gasteiger partial charge < -0.3 is 14.8 Å². The van der Waals surface area contributed by atoms with Gasteiger partial charge in [-0.25, -0.2) is 17.7 Å². The number of nitrogens with one attached hydrogen (secondary N) is 1. The van der Waals surface area contributed by atoms with Crippen molar-refractivity contribution in [3.8, 4) is 11.5 Å². The van der Waals surface area contributed by atoms with Gasteiger partial charge in [0.15, 0.2) is 16.6 Å². The molecule has 2 aliphatic heterocycles. The first-order valence-corrected chi connectivity index (χ1v) is 11.0. The monoisotopic (exact) mass is 397 g/mol. The van der Waals surface area contributed by atoms with Crippen LogP contribution in [0.25, 0.3) is 10.2 Å². The summed E-state index contributed by atoms with van der Waals surface area (Å²) in [5.74, 6) is 0.768. The number of hydrogen-bond donors (Lipinski definition) is 1. The number of carbonyl (C=O) groups is 1. The average molecular weight is 397 g/mol. The zero-order valence-electron chi connectivity index (χ0n) is 14.2. The van der Waals surface area contributed by atoms with Crippen LogP contribution < -0.4 is 14.8 Å². The highest BCUT2D eigenvalue weighted by molar-refractivity contribution is 7.88. The predicted molar refractivity (Wildman–Crippen MR) is 98.4 cm³/mol. The lowest BCUT2D eigenvalue weighted by Crippen LogP contribution is -2.43. The Morgan fingerprint density at radius 2 is 2.04 bits per heavy atom. The Balaban J connectivity index is 1.50. The minimum absolute atomic E-state index is 0.199. The Hall–Kier alpha value is -1.91. The molecule has 26 heavy (non-hydrogen) atoms. The van der Waals surface area contributed by atoms with Crippen molar-refractivity contribution in [2.24, 2.45) is 5.92 Å². The maximum Gasteiger partial charge on any atom is 0.230 e. The first-order valence-electron chi connectivity index (χ1n) is 8.36. The maximum atomic E-state index is 12.6. The summed E-state index contributed by atoms with van der Waals surface area (Å²) in [4.78, 5) is 17.0. The summed E-state index contributed by atoms with van der Waals surface area (Å²) < 4.78 is 36.8. The first kappa shape index (κ1) is 17.5. The number of piperidine rings is 1. The number of amides is 1. The van der Waals surface area contributed by atoms with E-state index in [1.54, 1.807) is 0 Å². The largest absolute Gasteiger partial charge is 0.486 e. The SMILES string of the molecule is CS(=O)(=O)N1CCCC(C(=O)Nc2nc3cc4c(cc3s2)OCCO4)C1. The number of fused-ring (bicyclic) bond motifs is 2.